The predicted molar refractivity (Wildman–Crippen MR) is 141 cm³/mol. The summed E-state index contributed by atoms with van der Waals surface area (Å²) >= 11 is 1.06. The van der Waals surface area contributed by atoms with E-state index >= 15 is 0 Å². The summed E-state index contributed by atoms with van der Waals surface area (Å²) in [5.74, 6) is -1.90. The molecule has 3 aromatic carbocycles. The van der Waals surface area contributed by atoms with Crippen LogP contribution in [0.4, 0.5) is 4.79 Å². The van der Waals surface area contributed by atoms with Gasteiger partial charge in [0.2, 0.25) is 0 Å². The highest BCUT2D eigenvalue weighted by Gasteiger charge is 2.52. The van der Waals surface area contributed by atoms with Gasteiger partial charge >= 0.3 is 24.1 Å². The standard InChI is InChI=1S/C29H26O9S/c1-19(30)36-28-25(38-29(33)35-17-20-11-5-2-6-12-20)24(37-27(32)22-15-9-4-10-16-22)23(39-28)18-34-26(31)21-13-7-3-8-14-21/h2-16,23-25,28H,17-18H2,1H3/t23-,24-,25-,28?/m0/s1. The Morgan fingerprint density at radius 1 is 0.667 bits per heavy atom. The molecule has 1 saturated heterocycles. The highest BCUT2D eigenvalue weighted by atomic mass is 32.2. The van der Waals surface area contributed by atoms with Crippen molar-refractivity contribution in [3.8, 4) is 0 Å². The van der Waals surface area contributed by atoms with Crippen LogP contribution >= 0.6 is 11.8 Å². The molecule has 1 aliphatic rings. The van der Waals surface area contributed by atoms with Gasteiger partial charge in [0.1, 0.15) is 13.2 Å². The number of ether oxygens (including phenoxy) is 5. The third-order valence-electron chi connectivity index (χ3n) is 5.62. The van der Waals surface area contributed by atoms with Gasteiger partial charge < -0.3 is 23.7 Å². The smallest absolute Gasteiger partial charge is 0.461 e. The molecule has 202 valence electrons. The van der Waals surface area contributed by atoms with Gasteiger partial charge in [0.05, 0.1) is 16.4 Å². The lowest BCUT2D eigenvalue weighted by atomic mass is 10.1. The molecule has 0 aromatic heterocycles. The zero-order chi connectivity index (χ0) is 27.6. The highest BCUT2D eigenvalue weighted by Crippen LogP contribution is 2.40. The highest BCUT2D eigenvalue weighted by molar-refractivity contribution is 8.00. The van der Waals surface area contributed by atoms with Crippen LogP contribution in [0.2, 0.25) is 0 Å². The zero-order valence-corrected chi connectivity index (χ0v) is 21.8. The van der Waals surface area contributed by atoms with Crippen LogP contribution in [0.3, 0.4) is 0 Å². The number of rotatable bonds is 9. The van der Waals surface area contributed by atoms with Crippen molar-refractivity contribution in [2.75, 3.05) is 6.61 Å². The normalized spacial score (nSPS) is 19.9. The van der Waals surface area contributed by atoms with Gasteiger partial charge in [-0.15, -0.1) is 11.8 Å². The van der Waals surface area contributed by atoms with E-state index in [1.54, 1.807) is 84.9 Å². The summed E-state index contributed by atoms with van der Waals surface area (Å²) in [5.41, 5.74) is 0.307. The maximum Gasteiger partial charge on any atom is 0.509 e. The molecule has 4 atom stereocenters. The third-order valence-corrected chi connectivity index (χ3v) is 7.01. The summed E-state index contributed by atoms with van der Waals surface area (Å²) in [5, 5.41) is -0.721. The quantitative estimate of drug-likeness (QED) is 0.272. The molecule has 39 heavy (non-hydrogen) atoms. The van der Waals surface area contributed by atoms with Gasteiger partial charge in [0, 0.05) is 6.92 Å². The fourth-order valence-corrected chi connectivity index (χ4v) is 5.21. The number of hydrogen-bond donors (Lipinski definition) is 0. The molecule has 0 N–H and O–H groups in total. The molecule has 0 amide bonds. The van der Waals surface area contributed by atoms with Gasteiger partial charge in [0.25, 0.3) is 0 Å². The van der Waals surface area contributed by atoms with Crippen molar-refractivity contribution in [1.82, 2.24) is 0 Å². The van der Waals surface area contributed by atoms with Crippen LogP contribution in [0.25, 0.3) is 0 Å². The average Bonchev–Trinajstić information content (AvgIpc) is 3.26. The second kappa shape index (κ2) is 13.5. The molecule has 10 heteroatoms. The Labute approximate surface area is 229 Å². The van der Waals surface area contributed by atoms with E-state index in [0.717, 1.165) is 17.3 Å². The molecule has 0 saturated carbocycles. The van der Waals surface area contributed by atoms with Crippen molar-refractivity contribution in [3.05, 3.63) is 108 Å². The third kappa shape index (κ3) is 7.84. The van der Waals surface area contributed by atoms with Gasteiger partial charge in [-0.3, -0.25) is 4.79 Å². The van der Waals surface area contributed by atoms with Crippen LogP contribution in [0.15, 0.2) is 91.0 Å². The van der Waals surface area contributed by atoms with Gasteiger partial charge in [-0.25, -0.2) is 14.4 Å². The predicted octanol–water partition coefficient (Wildman–Crippen LogP) is 4.80. The molecule has 1 fully saturated rings. The van der Waals surface area contributed by atoms with E-state index in [0.29, 0.717) is 5.56 Å². The van der Waals surface area contributed by atoms with Crippen LogP contribution in [-0.4, -0.2) is 53.6 Å². The molecule has 1 aliphatic heterocycles. The Morgan fingerprint density at radius 3 is 1.82 bits per heavy atom. The Balaban J connectivity index is 1.52. The molecule has 3 aromatic rings. The fraction of sp³-hybridized carbons (Fsp3) is 0.241. The minimum Gasteiger partial charge on any atom is -0.461 e. The van der Waals surface area contributed by atoms with Crippen molar-refractivity contribution in [2.24, 2.45) is 0 Å². The molecule has 0 radical (unpaired) electrons. The molecular weight excluding hydrogens is 524 g/mol. The fourth-order valence-electron chi connectivity index (χ4n) is 3.79. The van der Waals surface area contributed by atoms with Crippen LogP contribution in [0.5, 0.6) is 0 Å². The van der Waals surface area contributed by atoms with Crippen molar-refractivity contribution in [2.45, 2.75) is 36.4 Å². The lowest BCUT2D eigenvalue weighted by Crippen LogP contribution is -2.42. The lowest BCUT2D eigenvalue weighted by molar-refractivity contribution is -0.149. The second-order valence-electron chi connectivity index (χ2n) is 8.46. The van der Waals surface area contributed by atoms with Crippen LogP contribution < -0.4 is 0 Å². The van der Waals surface area contributed by atoms with Crippen molar-refractivity contribution in [3.63, 3.8) is 0 Å². The largest absolute Gasteiger partial charge is 0.509 e. The molecule has 0 bridgehead atoms. The minimum absolute atomic E-state index is 0.0512. The van der Waals surface area contributed by atoms with E-state index in [-0.39, 0.29) is 18.8 Å². The van der Waals surface area contributed by atoms with Crippen LogP contribution in [0, 0.1) is 0 Å². The van der Waals surface area contributed by atoms with E-state index in [9.17, 15) is 19.2 Å². The Hall–Kier alpha value is -4.31. The molecule has 4 rings (SSSR count). The van der Waals surface area contributed by atoms with Crippen molar-refractivity contribution >= 4 is 35.8 Å². The van der Waals surface area contributed by atoms with Crippen molar-refractivity contribution < 1.29 is 42.9 Å². The Kier molecular flexibility index (Phi) is 9.58. The van der Waals surface area contributed by atoms with Gasteiger partial charge in [-0.2, -0.15) is 0 Å². The number of thioether (sulfide) groups is 1. The van der Waals surface area contributed by atoms with E-state index in [1.807, 2.05) is 6.07 Å². The summed E-state index contributed by atoms with van der Waals surface area (Å²) in [6.07, 6.45) is -3.39. The summed E-state index contributed by atoms with van der Waals surface area (Å²) in [6.45, 7) is 0.950. The number of hydrogen-bond acceptors (Lipinski definition) is 10. The zero-order valence-electron chi connectivity index (χ0n) is 21.0. The topological polar surface area (TPSA) is 114 Å². The monoisotopic (exact) mass is 550 g/mol. The first kappa shape index (κ1) is 27.7. The number of carbonyl (C=O) groups is 4. The van der Waals surface area contributed by atoms with Crippen LogP contribution in [0.1, 0.15) is 33.2 Å². The maximum absolute atomic E-state index is 13.0. The van der Waals surface area contributed by atoms with E-state index < -0.39 is 47.0 Å². The Bertz CT molecular complexity index is 1270. The second-order valence-corrected chi connectivity index (χ2v) is 9.80. The molecular formula is C29H26O9S. The first-order valence-electron chi connectivity index (χ1n) is 12.1. The summed E-state index contributed by atoms with van der Waals surface area (Å²) in [6, 6.07) is 25.6. The minimum atomic E-state index is -1.23. The van der Waals surface area contributed by atoms with Gasteiger partial charge in [-0.1, -0.05) is 66.7 Å². The maximum atomic E-state index is 13.0. The van der Waals surface area contributed by atoms with E-state index in [4.69, 9.17) is 23.7 Å². The molecule has 0 aliphatic carbocycles. The van der Waals surface area contributed by atoms with Crippen LogP contribution in [-0.2, 0) is 35.1 Å². The summed E-state index contributed by atoms with van der Waals surface area (Å²) in [7, 11) is 0. The van der Waals surface area contributed by atoms with Crippen molar-refractivity contribution in [1.29, 1.82) is 0 Å². The first-order chi connectivity index (χ1) is 18.9. The number of carbonyl (C=O) groups excluding carboxylic acids is 4. The Morgan fingerprint density at radius 2 is 1.23 bits per heavy atom. The van der Waals surface area contributed by atoms with E-state index in [1.165, 1.54) is 6.92 Å². The van der Waals surface area contributed by atoms with Gasteiger partial charge in [0.15, 0.2) is 17.6 Å². The SMILES string of the molecule is CC(=O)OC1S[C@@H](COC(=O)c2ccccc2)[C@H](OC(=O)c2ccccc2)[C@@H]1OC(=O)OCc1ccccc1. The van der Waals surface area contributed by atoms with Gasteiger partial charge in [-0.05, 0) is 29.8 Å². The summed E-state index contributed by atoms with van der Waals surface area (Å²) < 4.78 is 27.4. The molecule has 9 nitrogen and oxygen atoms in total. The number of esters is 3. The lowest BCUT2D eigenvalue weighted by Gasteiger charge is -2.25. The number of benzene rings is 3. The molecule has 1 heterocycles. The summed E-state index contributed by atoms with van der Waals surface area (Å²) in [4.78, 5) is 50.0. The first-order valence-corrected chi connectivity index (χ1v) is 13.0. The molecule has 0 spiro atoms. The van der Waals surface area contributed by atoms with E-state index in [2.05, 4.69) is 0 Å². The average molecular weight is 551 g/mol. The molecule has 1 unspecified atom stereocenters.